The van der Waals surface area contributed by atoms with Gasteiger partial charge in [-0.05, 0) is 20.8 Å². The Kier molecular flexibility index (Phi) is 16.6. The van der Waals surface area contributed by atoms with Crippen molar-refractivity contribution in [3.63, 3.8) is 0 Å². The summed E-state index contributed by atoms with van der Waals surface area (Å²) in [5, 5.41) is 58.7. The van der Waals surface area contributed by atoms with Gasteiger partial charge in [-0.3, -0.25) is 29.1 Å². The lowest BCUT2D eigenvalue weighted by Crippen LogP contribution is -2.37. The van der Waals surface area contributed by atoms with Crippen LogP contribution < -0.4 is 0 Å². The van der Waals surface area contributed by atoms with Crippen LogP contribution in [0.15, 0.2) is 0 Å². The van der Waals surface area contributed by atoms with Crippen LogP contribution in [0.3, 0.4) is 0 Å². The van der Waals surface area contributed by atoms with E-state index in [0.29, 0.717) is 18.1 Å². The van der Waals surface area contributed by atoms with E-state index in [4.69, 9.17) is 35.7 Å². The number of carbonyl (C=O) groups is 3. The zero-order valence-electron chi connectivity index (χ0n) is 21.6. The van der Waals surface area contributed by atoms with Crippen LogP contribution in [0.1, 0.15) is 40.0 Å². The van der Waals surface area contributed by atoms with Crippen molar-refractivity contribution in [1.29, 1.82) is 0 Å². The third-order valence-corrected chi connectivity index (χ3v) is 6.15. The van der Waals surface area contributed by atoms with Crippen LogP contribution in [-0.4, -0.2) is 152 Å². The predicted octanol–water partition coefficient (Wildman–Crippen LogP) is -1.56. The maximum Gasteiger partial charge on any atom is 0.304 e. The minimum atomic E-state index is -1.11. The molecule has 0 amide bonds. The maximum atomic E-state index is 10.0. The monoisotopic (exact) mass is 523 g/mol. The van der Waals surface area contributed by atoms with Gasteiger partial charge in [0.05, 0.1) is 51.1 Å². The number of nitrogens with zero attached hydrogens (tertiary/aromatic N) is 3. The smallest absolute Gasteiger partial charge is 0.304 e. The van der Waals surface area contributed by atoms with Gasteiger partial charge in [-0.1, -0.05) is 0 Å². The standard InChI is InChI=1S/3C6H11NO2.C5H12O4/c3*1-5-4-7(5)3-2-6(8)9;6-1-5(2-7,3-8)4-9/h3*5H,2-4H2,1H3,(H,8,9);6-9H,1-4H2. The van der Waals surface area contributed by atoms with Gasteiger partial charge in [0.2, 0.25) is 0 Å². The Balaban J connectivity index is 0.000000454. The lowest BCUT2D eigenvalue weighted by Gasteiger charge is -2.23. The van der Waals surface area contributed by atoms with E-state index in [2.05, 4.69) is 35.5 Å². The molecule has 3 rings (SSSR count). The molecule has 3 fully saturated rings. The second-order valence-corrected chi connectivity index (χ2v) is 9.60. The Morgan fingerprint density at radius 1 is 0.583 bits per heavy atom. The third-order valence-electron chi connectivity index (χ3n) is 6.15. The first-order valence-corrected chi connectivity index (χ1v) is 12.2. The van der Waals surface area contributed by atoms with Gasteiger partial charge in [0.1, 0.15) is 0 Å². The zero-order chi connectivity index (χ0) is 27.9. The molecule has 0 bridgehead atoms. The minimum absolute atomic E-state index is 0.282. The summed E-state index contributed by atoms with van der Waals surface area (Å²) in [6.45, 7) is 10.1. The van der Waals surface area contributed by atoms with Crippen LogP contribution in [-0.2, 0) is 14.4 Å². The Morgan fingerprint density at radius 3 is 0.861 bits per heavy atom. The van der Waals surface area contributed by atoms with Gasteiger partial charge in [-0.25, -0.2) is 0 Å². The summed E-state index contributed by atoms with van der Waals surface area (Å²) in [7, 11) is 0. The fourth-order valence-electron chi connectivity index (χ4n) is 2.83. The first-order valence-electron chi connectivity index (χ1n) is 12.2. The highest BCUT2D eigenvalue weighted by atomic mass is 16.4. The molecule has 0 aliphatic carbocycles. The van der Waals surface area contributed by atoms with Gasteiger partial charge in [0.25, 0.3) is 0 Å². The molecule has 3 aliphatic heterocycles. The van der Waals surface area contributed by atoms with Crippen LogP contribution in [0.5, 0.6) is 0 Å². The second-order valence-electron chi connectivity index (χ2n) is 9.60. The van der Waals surface area contributed by atoms with E-state index in [1.165, 1.54) is 0 Å². The van der Waals surface area contributed by atoms with Crippen LogP contribution in [0, 0.1) is 5.41 Å². The number of carboxylic acids is 3. The number of aliphatic carboxylic acids is 3. The minimum Gasteiger partial charge on any atom is -0.481 e. The van der Waals surface area contributed by atoms with E-state index in [0.717, 1.165) is 39.3 Å². The first kappa shape index (κ1) is 34.1. The molecule has 6 unspecified atom stereocenters. The van der Waals surface area contributed by atoms with Gasteiger partial charge in [0.15, 0.2) is 0 Å². The highest BCUT2D eigenvalue weighted by Crippen LogP contribution is 2.16. The largest absolute Gasteiger partial charge is 0.481 e. The first-order chi connectivity index (χ1) is 16.8. The third kappa shape index (κ3) is 16.7. The Bertz CT molecular complexity index is 573. The normalized spacial score (nSPS) is 27.1. The number of aliphatic hydroxyl groups is 4. The fourth-order valence-corrected chi connectivity index (χ4v) is 2.83. The van der Waals surface area contributed by atoms with Crippen molar-refractivity contribution >= 4 is 17.9 Å². The highest BCUT2D eigenvalue weighted by Gasteiger charge is 2.29. The maximum absolute atomic E-state index is 10.0. The van der Waals surface area contributed by atoms with E-state index in [9.17, 15) is 14.4 Å². The number of rotatable bonds is 13. The number of carboxylic acid groups (broad SMARTS) is 3. The summed E-state index contributed by atoms with van der Waals surface area (Å²) < 4.78 is 0. The van der Waals surface area contributed by atoms with Gasteiger partial charge in [0, 0.05) is 57.4 Å². The molecular formula is C23H45N3O10. The molecule has 212 valence electrons. The fraction of sp³-hybridized carbons (Fsp3) is 0.870. The summed E-state index contributed by atoms with van der Waals surface area (Å²) in [6.07, 6.45) is 0.846. The van der Waals surface area contributed by atoms with Gasteiger partial charge < -0.3 is 35.7 Å². The van der Waals surface area contributed by atoms with Crippen LogP contribution in [0.4, 0.5) is 0 Å². The topological polar surface area (TPSA) is 202 Å². The summed E-state index contributed by atoms with van der Waals surface area (Å²) in [5.74, 6) is -2.10. The molecule has 0 aromatic carbocycles. The molecule has 36 heavy (non-hydrogen) atoms. The summed E-state index contributed by atoms with van der Waals surface area (Å²) in [5.41, 5.74) is -1.11. The summed E-state index contributed by atoms with van der Waals surface area (Å²) in [6, 6.07) is 1.89. The molecule has 0 aromatic heterocycles. The highest BCUT2D eigenvalue weighted by molar-refractivity contribution is 5.67. The quantitative estimate of drug-likeness (QED) is 0.137. The zero-order valence-corrected chi connectivity index (χ0v) is 21.6. The average Bonchev–Trinajstić information content (AvgIpc) is 3.77. The van der Waals surface area contributed by atoms with Crippen molar-refractivity contribution in [3.8, 4) is 0 Å². The molecule has 6 atom stereocenters. The number of aliphatic hydroxyl groups excluding tert-OH is 4. The molecule has 3 saturated heterocycles. The van der Waals surface area contributed by atoms with Crippen molar-refractivity contribution in [2.45, 2.75) is 58.2 Å². The van der Waals surface area contributed by atoms with Gasteiger partial charge >= 0.3 is 17.9 Å². The summed E-state index contributed by atoms with van der Waals surface area (Å²) in [4.78, 5) is 36.4. The van der Waals surface area contributed by atoms with Crippen molar-refractivity contribution in [2.24, 2.45) is 5.41 Å². The molecular weight excluding hydrogens is 478 g/mol. The van der Waals surface area contributed by atoms with Crippen LogP contribution in [0.25, 0.3) is 0 Å². The van der Waals surface area contributed by atoms with Crippen LogP contribution in [0.2, 0.25) is 0 Å². The van der Waals surface area contributed by atoms with Crippen molar-refractivity contribution in [3.05, 3.63) is 0 Å². The second kappa shape index (κ2) is 17.6. The average molecular weight is 524 g/mol. The molecule has 13 heteroatoms. The van der Waals surface area contributed by atoms with Crippen LogP contribution >= 0.6 is 0 Å². The molecule has 0 radical (unpaired) electrons. The van der Waals surface area contributed by atoms with E-state index >= 15 is 0 Å². The Morgan fingerprint density at radius 2 is 0.778 bits per heavy atom. The summed E-state index contributed by atoms with van der Waals surface area (Å²) >= 11 is 0. The molecule has 3 heterocycles. The Hall–Kier alpha value is -1.87. The SMILES string of the molecule is CC1CN1CCC(=O)O.CC1CN1CCC(=O)O.CC1CN1CCC(=O)O.OCC(CO)(CO)CO. The van der Waals surface area contributed by atoms with E-state index < -0.39 is 49.8 Å². The van der Waals surface area contributed by atoms with E-state index in [1.54, 1.807) is 0 Å². The molecule has 0 aromatic rings. The molecule has 3 aliphatic rings. The van der Waals surface area contributed by atoms with Crippen molar-refractivity contribution in [1.82, 2.24) is 14.7 Å². The molecule has 0 saturated carbocycles. The molecule has 13 nitrogen and oxygen atoms in total. The van der Waals surface area contributed by atoms with E-state index in [-0.39, 0.29) is 19.3 Å². The molecule has 7 N–H and O–H groups in total. The lowest BCUT2D eigenvalue weighted by molar-refractivity contribution is -0.138. The van der Waals surface area contributed by atoms with Gasteiger partial charge in [-0.15, -0.1) is 0 Å². The number of hydrogen-bond acceptors (Lipinski definition) is 10. The van der Waals surface area contributed by atoms with E-state index in [1.807, 2.05) is 0 Å². The van der Waals surface area contributed by atoms with Crippen molar-refractivity contribution < 1.29 is 50.1 Å². The van der Waals surface area contributed by atoms with Gasteiger partial charge in [-0.2, -0.15) is 0 Å². The number of hydrogen-bond donors (Lipinski definition) is 7. The molecule has 0 spiro atoms. The predicted molar refractivity (Wildman–Crippen MR) is 131 cm³/mol. The Labute approximate surface area is 212 Å². The lowest BCUT2D eigenvalue weighted by atomic mass is 9.93. The van der Waals surface area contributed by atoms with Crippen molar-refractivity contribution in [2.75, 3.05) is 65.7 Å².